The first-order chi connectivity index (χ1) is 11.0. The Kier molecular flexibility index (Phi) is 4.14. The Morgan fingerprint density at radius 3 is 2.22 bits per heavy atom. The Morgan fingerprint density at radius 2 is 1.57 bits per heavy atom. The molecule has 0 bridgehead atoms. The Hall–Kier alpha value is -2.25. The molecule has 0 saturated carbocycles. The number of halogens is 1. The van der Waals surface area contributed by atoms with Gasteiger partial charge in [-0.1, -0.05) is 46.3 Å². The lowest BCUT2D eigenvalue weighted by molar-refractivity contribution is 0.592. The molecule has 2 aromatic carbocycles. The summed E-state index contributed by atoms with van der Waals surface area (Å²) in [4.78, 5) is 8.10. The van der Waals surface area contributed by atoms with Crippen LogP contribution in [0.3, 0.4) is 0 Å². The topological polar surface area (TPSA) is 85.9 Å². The van der Waals surface area contributed by atoms with E-state index in [1.54, 1.807) is 42.5 Å². The number of rotatable bonds is 3. The fourth-order valence-electron chi connectivity index (χ4n) is 2.19. The maximum Gasteiger partial charge on any atom is 0.224 e. The molecular formula is C16H12BrN3O2S. The first-order valence-electron chi connectivity index (χ1n) is 6.66. The highest BCUT2D eigenvalue weighted by Crippen LogP contribution is 2.33. The molecule has 0 saturated heterocycles. The third-order valence-electron chi connectivity index (χ3n) is 3.28. The van der Waals surface area contributed by atoms with E-state index >= 15 is 0 Å². The van der Waals surface area contributed by atoms with Gasteiger partial charge in [-0.25, -0.2) is 18.4 Å². The lowest BCUT2D eigenvalue weighted by Crippen LogP contribution is -2.09. The van der Waals surface area contributed by atoms with Crippen LogP contribution in [-0.2, 0) is 9.84 Å². The van der Waals surface area contributed by atoms with Gasteiger partial charge in [0.15, 0.2) is 5.03 Å². The van der Waals surface area contributed by atoms with E-state index in [0.717, 1.165) is 10.8 Å². The number of nitrogens with two attached hydrogens (primary N) is 1. The molecule has 0 unspecified atom stereocenters. The van der Waals surface area contributed by atoms with Crippen LogP contribution in [0.1, 0.15) is 0 Å². The van der Waals surface area contributed by atoms with Crippen LogP contribution in [0, 0.1) is 0 Å². The average molecular weight is 390 g/mol. The van der Waals surface area contributed by atoms with Crippen LogP contribution in [0.15, 0.2) is 75.3 Å². The van der Waals surface area contributed by atoms with Crippen LogP contribution in [0.4, 0.5) is 5.82 Å². The second-order valence-electron chi connectivity index (χ2n) is 4.76. The van der Waals surface area contributed by atoms with Gasteiger partial charge in [-0.2, -0.15) is 0 Å². The molecule has 1 heterocycles. The molecule has 3 aromatic rings. The molecule has 7 heteroatoms. The van der Waals surface area contributed by atoms with E-state index in [0.29, 0.717) is 11.1 Å². The summed E-state index contributed by atoms with van der Waals surface area (Å²) in [5.74, 6) is 0.122. The van der Waals surface area contributed by atoms with Gasteiger partial charge >= 0.3 is 0 Å². The molecule has 3 rings (SSSR count). The number of nitrogen functional groups attached to an aromatic ring is 1. The minimum Gasteiger partial charge on any atom is -0.383 e. The molecule has 0 aliphatic carbocycles. The zero-order chi connectivity index (χ0) is 16.4. The Morgan fingerprint density at radius 1 is 0.913 bits per heavy atom. The van der Waals surface area contributed by atoms with Crippen molar-refractivity contribution in [1.82, 2.24) is 9.97 Å². The molecule has 2 N–H and O–H groups in total. The Labute approximate surface area is 142 Å². The zero-order valence-electron chi connectivity index (χ0n) is 11.8. The maximum atomic E-state index is 12.9. The van der Waals surface area contributed by atoms with Crippen LogP contribution in [0.2, 0.25) is 0 Å². The summed E-state index contributed by atoms with van der Waals surface area (Å²) < 4.78 is 26.7. The predicted molar refractivity (Wildman–Crippen MR) is 91.5 cm³/mol. The fourth-order valence-corrected chi connectivity index (χ4v) is 3.87. The van der Waals surface area contributed by atoms with Gasteiger partial charge in [0.2, 0.25) is 9.84 Å². The highest BCUT2D eigenvalue weighted by molar-refractivity contribution is 9.10. The number of nitrogens with zero attached hydrogens (tertiary/aromatic N) is 2. The van der Waals surface area contributed by atoms with Crippen LogP contribution in [-0.4, -0.2) is 18.4 Å². The molecular weight excluding hydrogens is 378 g/mol. The van der Waals surface area contributed by atoms with E-state index in [2.05, 4.69) is 25.9 Å². The molecule has 5 nitrogen and oxygen atoms in total. The second-order valence-corrected chi connectivity index (χ2v) is 7.54. The van der Waals surface area contributed by atoms with Gasteiger partial charge in [-0.3, -0.25) is 0 Å². The Balaban J connectivity index is 2.26. The van der Waals surface area contributed by atoms with Crippen molar-refractivity contribution in [2.24, 2.45) is 0 Å². The van der Waals surface area contributed by atoms with Crippen LogP contribution < -0.4 is 5.73 Å². The van der Waals surface area contributed by atoms with Gasteiger partial charge in [0.1, 0.15) is 12.1 Å². The van der Waals surface area contributed by atoms with Crippen molar-refractivity contribution in [1.29, 1.82) is 0 Å². The second kappa shape index (κ2) is 6.10. The first-order valence-corrected chi connectivity index (χ1v) is 8.94. The number of aromatic nitrogens is 2. The summed E-state index contributed by atoms with van der Waals surface area (Å²) in [6, 6.07) is 15.3. The average Bonchev–Trinajstić information content (AvgIpc) is 2.56. The molecule has 0 radical (unpaired) electrons. The number of anilines is 1. The minimum atomic E-state index is -3.79. The summed E-state index contributed by atoms with van der Waals surface area (Å²) in [6.45, 7) is 0. The standard InChI is InChI=1S/C16H12BrN3O2S/c17-12-8-6-11(7-9-12)14-15(18)19-10-20-16(14)23(21,22)13-4-2-1-3-5-13/h1-10H,(H2,18,19,20). The molecule has 0 fully saturated rings. The number of hydrogen-bond acceptors (Lipinski definition) is 5. The minimum absolute atomic E-state index is 0.0986. The Bertz CT molecular complexity index is 943. The molecule has 0 aliphatic heterocycles. The van der Waals surface area contributed by atoms with Crippen molar-refractivity contribution in [3.63, 3.8) is 0 Å². The van der Waals surface area contributed by atoms with Crippen molar-refractivity contribution in [3.05, 3.63) is 65.4 Å². The van der Waals surface area contributed by atoms with Crippen LogP contribution in [0.5, 0.6) is 0 Å². The lowest BCUT2D eigenvalue weighted by atomic mass is 10.1. The number of benzene rings is 2. The monoisotopic (exact) mass is 389 g/mol. The van der Waals surface area contributed by atoms with Gasteiger partial charge in [0.25, 0.3) is 0 Å². The van der Waals surface area contributed by atoms with Gasteiger partial charge in [-0.05, 0) is 29.8 Å². The van der Waals surface area contributed by atoms with Crippen molar-refractivity contribution in [3.8, 4) is 11.1 Å². The summed E-state index contributed by atoms with van der Waals surface area (Å²) in [6.07, 6.45) is 1.16. The van der Waals surface area contributed by atoms with Gasteiger partial charge in [0, 0.05) is 4.47 Å². The quantitative estimate of drug-likeness (QED) is 0.694. The van der Waals surface area contributed by atoms with E-state index in [1.165, 1.54) is 12.1 Å². The lowest BCUT2D eigenvalue weighted by Gasteiger charge is -2.11. The summed E-state index contributed by atoms with van der Waals surface area (Å²) in [7, 11) is -3.79. The third-order valence-corrected chi connectivity index (χ3v) is 5.52. The van der Waals surface area contributed by atoms with Gasteiger partial charge in [0.05, 0.1) is 10.5 Å². The number of hydrogen-bond donors (Lipinski definition) is 1. The first kappa shape index (κ1) is 15.6. The number of sulfone groups is 1. The SMILES string of the molecule is Nc1ncnc(S(=O)(=O)c2ccccc2)c1-c1ccc(Br)cc1. The fraction of sp³-hybridized carbons (Fsp3) is 0. The van der Waals surface area contributed by atoms with Crippen LogP contribution in [0.25, 0.3) is 11.1 Å². The maximum absolute atomic E-state index is 12.9. The zero-order valence-corrected chi connectivity index (χ0v) is 14.3. The smallest absolute Gasteiger partial charge is 0.224 e. The van der Waals surface area contributed by atoms with E-state index in [9.17, 15) is 8.42 Å². The van der Waals surface area contributed by atoms with E-state index in [-0.39, 0.29) is 15.7 Å². The van der Waals surface area contributed by atoms with E-state index in [4.69, 9.17) is 5.73 Å². The van der Waals surface area contributed by atoms with Crippen LogP contribution >= 0.6 is 15.9 Å². The van der Waals surface area contributed by atoms with Crippen molar-refractivity contribution < 1.29 is 8.42 Å². The molecule has 23 heavy (non-hydrogen) atoms. The third kappa shape index (κ3) is 2.97. The highest BCUT2D eigenvalue weighted by atomic mass is 79.9. The van der Waals surface area contributed by atoms with Gasteiger partial charge < -0.3 is 5.73 Å². The summed E-state index contributed by atoms with van der Waals surface area (Å²) >= 11 is 3.35. The molecule has 1 aromatic heterocycles. The molecule has 0 spiro atoms. The summed E-state index contributed by atoms with van der Waals surface area (Å²) in [5, 5.41) is -0.0986. The van der Waals surface area contributed by atoms with Crippen molar-refractivity contribution in [2.75, 3.05) is 5.73 Å². The van der Waals surface area contributed by atoms with Crippen molar-refractivity contribution in [2.45, 2.75) is 9.92 Å². The largest absolute Gasteiger partial charge is 0.383 e. The van der Waals surface area contributed by atoms with Gasteiger partial charge in [-0.15, -0.1) is 0 Å². The normalized spacial score (nSPS) is 11.3. The molecule has 116 valence electrons. The van der Waals surface area contributed by atoms with Crippen molar-refractivity contribution >= 4 is 31.6 Å². The molecule has 0 amide bonds. The summed E-state index contributed by atoms with van der Waals surface area (Å²) in [5.41, 5.74) is 6.89. The highest BCUT2D eigenvalue weighted by Gasteiger charge is 2.25. The van der Waals surface area contributed by atoms with E-state index in [1.807, 2.05) is 0 Å². The molecule has 0 atom stereocenters. The molecule has 0 aliphatic rings. The predicted octanol–water partition coefficient (Wildman–Crippen LogP) is 3.32. The van der Waals surface area contributed by atoms with E-state index < -0.39 is 9.84 Å².